The van der Waals surface area contributed by atoms with Crippen LogP contribution in [-0.4, -0.2) is 17.5 Å². The SMILES string of the molecule is Fc1ccc(Br)c(CNCC2CCCCS2)c1. The first-order valence-corrected chi connectivity index (χ1v) is 7.86. The van der Waals surface area contributed by atoms with E-state index in [1.165, 1.54) is 31.1 Å². The Morgan fingerprint density at radius 3 is 3.06 bits per heavy atom. The molecular weight excluding hydrogens is 301 g/mol. The van der Waals surface area contributed by atoms with Gasteiger partial charge in [0, 0.05) is 22.8 Å². The van der Waals surface area contributed by atoms with Crippen molar-refractivity contribution < 1.29 is 4.39 Å². The Bertz CT molecular complexity index is 366. The van der Waals surface area contributed by atoms with Gasteiger partial charge in [0.2, 0.25) is 0 Å². The average molecular weight is 318 g/mol. The quantitative estimate of drug-likeness (QED) is 0.902. The second kappa shape index (κ2) is 6.76. The zero-order chi connectivity index (χ0) is 12.1. The van der Waals surface area contributed by atoms with Gasteiger partial charge < -0.3 is 5.32 Å². The molecule has 1 atom stereocenters. The summed E-state index contributed by atoms with van der Waals surface area (Å²) in [6, 6.07) is 4.83. The summed E-state index contributed by atoms with van der Waals surface area (Å²) >= 11 is 5.50. The third kappa shape index (κ3) is 4.27. The Kier molecular flexibility index (Phi) is 5.32. The standard InChI is InChI=1S/C13H17BrFNS/c14-13-5-4-11(15)7-10(13)8-16-9-12-3-1-2-6-17-12/h4-5,7,12,16H,1-3,6,8-9H2. The van der Waals surface area contributed by atoms with Crippen LogP contribution in [0.4, 0.5) is 4.39 Å². The molecule has 2 rings (SSSR count). The molecule has 0 aliphatic carbocycles. The van der Waals surface area contributed by atoms with E-state index in [2.05, 4.69) is 33.0 Å². The molecule has 1 unspecified atom stereocenters. The molecule has 4 heteroatoms. The molecule has 0 radical (unpaired) electrons. The van der Waals surface area contributed by atoms with Crippen molar-refractivity contribution in [1.82, 2.24) is 5.32 Å². The second-order valence-corrected chi connectivity index (χ2v) is 6.62. The number of thioether (sulfide) groups is 1. The average Bonchev–Trinajstić information content (AvgIpc) is 2.35. The molecular formula is C13H17BrFNS. The number of rotatable bonds is 4. The molecule has 1 aromatic rings. The Morgan fingerprint density at radius 2 is 2.29 bits per heavy atom. The summed E-state index contributed by atoms with van der Waals surface area (Å²) in [4.78, 5) is 0. The molecule has 1 fully saturated rings. The van der Waals surface area contributed by atoms with Gasteiger partial charge in [-0.05, 0) is 42.4 Å². The molecule has 1 N–H and O–H groups in total. The lowest BCUT2D eigenvalue weighted by atomic mass is 10.2. The van der Waals surface area contributed by atoms with Crippen molar-refractivity contribution in [2.24, 2.45) is 0 Å². The first-order valence-electron chi connectivity index (χ1n) is 6.02. The lowest BCUT2D eigenvalue weighted by Gasteiger charge is -2.21. The van der Waals surface area contributed by atoms with Crippen LogP contribution in [0.3, 0.4) is 0 Å². The highest BCUT2D eigenvalue weighted by Crippen LogP contribution is 2.24. The fraction of sp³-hybridized carbons (Fsp3) is 0.538. The van der Waals surface area contributed by atoms with Crippen LogP contribution in [-0.2, 0) is 6.54 Å². The van der Waals surface area contributed by atoms with Gasteiger partial charge >= 0.3 is 0 Å². The summed E-state index contributed by atoms with van der Waals surface area (Å²) in [5.74, 6) is 1.12. The van der Waals surface area contributed by atoms with Crippen molar-refractivity contribution in [2.45, 2.75) is 31.1 Å². The van der Waals surface area contributed by atoms with Gasteiger partial charge in [-0.1, -0.05) is 22.4 Å². The van der Waals surface area contributed by atoms with Gasteiger partial charge in [0.25, 0.3) is 0 Å². The van der Waals surface area contributed by atoms with Crippen LogP contribution in [0.25, 0.3) is 0 Å². The summed E-state index contributed by atoms with van der Waals surface area (Å²) in [5, 5.41) is 4.15. The summed E-state index contributed by atoms with van der Waals surface area (Å²) in [5.41, 5.74) is 0.991. The van der Waals surface area contributed by atoms with E-state index < -0.39 is 0 Å². The summed E-state index contributed by atoms with van der Waals surface area (Å²) in [6.07, 6.45) is 4.02. The third-order valence-corrected chi connectivity index (χ3v) is 5.14. The molecule has 0 amide bonds. The van der Waals surface area contributed by atoms with Gasteiger partial charge in [-0.25, -0.2) is 4.39 Å². The van der Waals surface area contributed by atoms with Crippen molar-refractivity contribution in [3.05, 3.63) is 34.1 Å². The lowest BCUT2D eigenvalue weighted by molar-refractivity contribution is 0.591. The molecule has 94 valence electrons. The van der Waals surface area contributed by atoms with Crippen LogP contribution in [0, 0.1) is 5.82 Å². The number of halogens is 2. The first-order chi connectivity index (χ1) is 8.25. The summed E-state index contributed by atoms with van der Waals surface area (Å²) in [6.45, 7) is 1.75. The monoisotopic (exact) mass is 317 g/mol. The van der Waals surface area contributed by atoms with Crippen molar-refractivity contribution >= 4 is 27.7 Å². The molecule has 17 heavy (non-hydrogen) atoms. The van der Waals surface area contributed by atoms with Gasteiger partial charge in [-0.2, -0.15) is 11.8 Å². The molecule has 0 spiro atoms. The van der Waals surface area contributed by atoms with E-state index in [1.54, 1.807) is 12.1 Å². The van der Waals surface area contributed by atoms with E-state index in [-0.39, 0.29) is 5.82 Å². The van der Waals surface area contributed by atoms with E-state index >= 15 is 0 Å². The molecule has 1 aliphatic heterocycles. The maximum atomic E-state index is 13.1. The van der Waals surface area contributed by atoms with Crippen LogP contribution in [0.2, 0.25) is 0 Å². The van der Waals surface area contributed by atoms with Gasteiger partial charge in [-0.3, -0.25) is 0 Å². The second-order valence-electron chi connectivity index (χ2n) is 4.36. The zero-order valence-corrected chi connectivity index (χ0v) is 12.1. The van der Waals surface area contributed by atoms with Crippen LogP contribution in [0.15, 0.2) is 22.7 Å². The Hall–Kier alpha value is -0.0600. The third-order valence-electron chi connectivity index (χ3n) is 2.97. The molecule has 1 nitrogen and oxygen atoms in total. The molecule has 0 aromatic heterocycles. The first kappa shape index (κ1) is 13.4. The predicted octanol–water partition coefficient (Wildman–Crippen LogP) is 3.96. The molecule has 1 aromatic carbocycles. The molecule has 1 saturated heterocycles. The number of hydrogen-bond acceptors (Lipinski definition) is 2. The Balaban J connectivity index is 1.79. The lowest BCUT2D eigenvalue weighted by Crippen LogP contribution is -2.26. The van der Waals surface area contributed by atoms with E-state index in [0.717, 1.165) is 28.4 Å². The van der Waals surface area contributed by atoms with Crippen molar-refractivity contribution in [3.63, 3.8) is 0 Å². The normalized spacial score (nSPS) is 20.5. The van der Waals surface area contributed by atoms with Crippen molar-refractivity contribution in [1.29, 1.82) is 0 Å². The van der Waals surface area contributed by atoms with Crippen molar-refractivity contribution in [3.8, 4) is 0 Å². The fourth-order valence-electron chi connectivity index (χ4n) is 2.01. The predicted molar refractivity (Wildman–Crippen MR) is 75.9 cm³/mol. The van der Waals surface area contributed by atoms with E-state index in [9.17, 15) is 4.39 Å². The minimum Gasteiger partial charge on any atom is -0.312 e. The van der Waals surface area contributed by atoms with Crippen LogP contribution in [0.1, 0.15) is 24.8 Å². The highest BCUT2D eigenvalue weighted by Gasteiger charge is 2.13. The zero-order valence-electron chi connectivity index (χ0n) is 9.72. The highest BCUT2D eigenvalue weighted by molar-refractivity contribution is 9.10. The van der Waals surface area contributed by atoms with E-state index in [1.807, 2.05) is 0 Å². The molecule has 0 bridgehead atoms. The summed E-state index contributed by atoms with van der Waals surface area (Å²) in [7, 11) is 0. The smallest absolute Gasteiger partial charge is 0.123 e. The maximum Gasteiger partial charge on any atom is 0.123 e. The number of hydrogen-bond donors (Lipinski definition) is 1. The van der Waals surface area contributed by atoms with Crippen molar-refractivity contribution in [2.75, 3.05) is 12.3 Å². The minimum absolute atomic E-state index is 0.169. The van der Waals surface area contributed by atoms with Crippen LogP contribution >= 0.6 is 27.7 Å². The Labute approximate surface area is 115 Å². The molecule has 1 aliphatic rings. The van der Waals surface area contributed by atoms with Crippen LogP contribution < -0.4 is 5.32 Å². The maximum absolute atomic E-state index is 13.1. The van der Waals surface area contributed by atoms with Gasteiger partial charge in [0.15, 0.2) is 0 Å². The molecule has 1 heterocycles. The Morgan fingerprint density at radius 1 is 1.41 bits per heavy atom. The number of benzene rings is 1. The van der Waals surface area contributed by atoms with E-state index in [0.29, 0.717) is 0 Å². The number of nitrogens with one attached hydrogen (secondary N) is 1. The topological polar surface area (TPSA) is 12.0 Å². The molecule has 0 saturated carbocycles. The minimum atomic E-state index is -0.169. The van der Waals surface area contributed by atoms with E-state index in [4.69, 9.17) is 0 Å². The van der Waals surface area contributed by atoms with Gasteiger partial charge in [0.05, 0.1) is 0 Å². The van der Waals surface area contributed by atoms with Crippen LogP contribution in [0.5, 0.6) is 0 Å². The summed E-state index contributed by atoms with van der Waals surface area (Å²) < 4.78 is 14.1. The van der Waals surface area contributed by atoms with Gasteiger partial charge in [0.1, 0.15) is 5.82 Å². The highest BCUT2D eigenvalue weighted by atomic mass is 79.9. The largest absolute Gasteiger partial charge is 0.312 e. The fourth-order valence-corrected chi connectivity index (χ4v) is 3.67. The van der Waals surface area contributed by atoms with Gasteiger partial charge in [-0.15, -0.1) is 0 Å².